The van der Waals surface area contributed by atoms with Gasteiger partial charge in [-0.05, 0) is 30.7 Å². The molecule has 0 saturated heterocycles. The molecule has 0 amide bonds. The third kappa shape index (κ3) is 5.19. The van der Waals surface area contributed by atoms with Crippen molar-refractivity contribution < 1.29 is 14.2 Å². The van der Waals surface area contributed by atoms with Crippen LogP contribution in [0.1, 0.15) is 5.56 Å². The number of halogens is 1. The minimum Gasteiger partial charge on any atom is -0.437 e. The van der Waals surface area contributed by atoms with Crippen molar-refractivity contribution in [1.82, 2.24) is 9.97 Å². The fourth-order valence-corrected chi connectivity index (χ4v) is 2.34. The molecule has 0 saturated carbocycles. The van der Waals surface area contributed by atoms with Crippen molar-refractivity contribution in [3.63, 3.8) is 0 Å². The van der Waals surface area contributed by atoms with Crippen LogP contribution in [0.25, 0.3) is 0 Å². The van der Waals surface area contributed by atoms with E-state index < -0.39 is 0 Å². The van der Waals surface area contributed by atoms with Gasteiger partial charge in [-0.1, -0.05) is 11.6 Å². The number of hydrogen-bond donors (Lipinski definition) is 1. The second kappa shape index (κ2) is 9.41. The Morgan fingerprint density at radius 1 is 1.12 bits per heavy atom. The molecule has 0 radical (unpaired) electrons. The zero-order valence-corrected chi connectivity index (χ0v) is 15.4. The van der Waals surface area contributed by atoms with Crippen molar-refractivity contribution in [3.05, 3.63) is 35.1 Å². The van der Waals surface area contributed by atoms with Gasteiger partial charge < -0.3 is 24.8 Å². The van der Waals surface area contributed by atoms with E-state index in [2.05, 4.69) is 9.97 Å². The van der Waals surface area contributed by atoms with Crippen LogP contribution in [-0.2, 0) is 9.47 Å². The second-order valence-corrected chi connectivity index (χ2v) is 5.81. The number of aromatic nitrogens is 2. The van der Waals surface area contributed by atoms with Crippen molar-refractivity contribution >= 4 is 23.1 Å². The number of aryl methyl sites for hydroxylation is 1. The molecule has 25 heavy (non-hydrogen) atoms. The van der Waals surface area contributed by atoms with E-state index in [1.165, 1.54) is 6.33 Å². The molecule has 2 N–H and O–H groups in total. The van der Waals surface area contributed by atoms with Gasteiger partial charge in [-0.25, -0.2) is 4.98 Å². The van der Waals surface area contributed by atoms with E-state index in [1.54, 1.807) is 26.4 Å². The lowest BCUT2D eigenvalue weighted by molar-refractivity contribution is 0.190. The summed E-state index contributed by atoms with van der Waals surface area (Å²) in [5, 5.41) is 0.675. The fraction of sp³-hybridized carbons (Fsp3) is 0.412. The van der Waals surface area contributed by atoms with Crippen molar-refractivity contribution in [3.8, 4) is 11.6 Å². The molecule has 1 heterocycles. The van der Waals surface area contributed by atoms with Crippen LogP contribution < -0.4 is 15.4 Å². The van der Waals surface area contributed by atoms with E-state index in [0.717, 1.165) is 5.56 Å². The highest BCUT2D eigenvalue weighted by Crippen LogP contribution is 2.32. The first-order valence-electron chi connectivity index (χ1n) is 7.84. The quantitative estimate of drug-likeness (QED) is 0.730. The molecule has 0 unspecified atom stereocenters. The van der Waals surface area contributed by atoms with Gasteiger partial charge in [0.15, 0.2) is 5.82 Å². The maximum Gasteiger partial charge on any atom is 0.248 e. The molecule has 8 heteroatoms. The maximum absolute atomic E-state index is 6.24. The topological polar surface area (TPSA) is 82.7 Å². The van der Waals surface area contributed by atoms with Gasteiger partial charge >= 0.3 is 0 Å². The molecule has 2 aromatic rings. The maximum atomic E-state index is 6.24. The smallest absolute Gasteiger partial charge is 0.248 e. The lowest BCUT2D eigenvalue weighted by Crippen LogP contribution is -2.32. The van der Waals surface area contributed by atoms with Gasteiger partial charge in [0.25, 0.3) is 0 Å². The van der Waals surface area contributed by atoms with Crippen LogP contribution in [0.4, 0.5) is 11.5 Å². The standard InChI is InChI=1S/C17H23ClN4O3/c1-12-10-13(4-5-14(12)18)25-17-15(19)16(20-11-21-17)22(6-8-23-2)7-9-24-3/h4-5,10-11H,6-9,19H2,1-3H3. The molecule has 2 rings (SSSR count). The summed E-state index contributed by atoms with van der Waals surface area (Å²) in [6.07, 6.45) is 1.43. The molecule has 1 aromatic heterocycles. The molecular formula is C17H23ClN4O3. The summed E-state index contributed by atoms with van der Waals surface area (Å²) in [5.41, 5.74) is 7.52. The molecular weight excluding hydrogens is 344 g/mol. The molecule has 0 fully saturated rings. The second-order valence-electron chi connectivity index (χ2n) is 5.40. The number of methoxy groups -OCH3 is 2. The predicted octanol–water partition coefficient (Wildman–Crippen LogP) is 2.91. The number of nitrogen functional groups attached to an aromatic ring is 1. The number of ether oxygens (including phenoxy) is 3. The normalized spacial score (nSPS) is 10.7. The number of benzene rings is 1. The van der Waals surface area contributed by atoms with Gasteiger partial charge in [0.2, 0.25) is 5.88 Å². The Hall–Kier alpha value is -2.09. The van der Waals surface area contributed by atoms with Crippen LogP contribution >= 0.6 is 11.6 Å². The number of hydrogen-bond acceptors (Lipinski definition) is 7. The predicted molar refractivity (Wildman–Crippen MR) is 98.7 cm³/mol. The third-order valence-corrected chi connectivity index (χ3v) is 4.02. The summed E-state index contributed by atoms with van der Waals surface area (Å²) in [4.78, 5) is 10.4. The summed E-state index contributed by atoms with van der Waals surface area (Å²) >= 11 is 6.04. The van der Waals surface area contributed by atoms with Crippen LogP contribution in [0.3, 0.4) is 0 Å². The van der Waals surface area contributed by atoms with E-state index in [1.807, 2.05) is 17.9 Å². The summed E-state index contributed by atoms with van der Waals surface area (Å²) in [5.74, 6) is 1.50. The van der Waals surface area contributed by atoms with E-state index in [9.17, 15) is 0 Å². The highest BCUT2D eigenvalue weighted by atomic mass is 35.5. The SMILES string of the molecule is COCCN(CCOC)c1ncnc(Oc2ccc(Cl)c(C)c2)c1N. The first-order chi connectivity index (χ1) is 12.1. The van der Waals surface area contributed by atoms with Gasteiger partial charge in [0.05, 0.1) is 13.2 Å². The van der Waals surface area contributed by atoms with E-state index in [-0.39, 0.29) is 0 Å². The average Bonchev–Trinajstić information content (AvgIpc) is 2.60. The summed E-state index contributed by atoms with van der Waals surface area (Å²) < 4.78 is 16.1. The minimum atomic E-state index is 0.298. The highest BCUT2D eigenvalue weighted by Gasteiger charge is 2.16. The Balaban J connectivity index is 2.25. The Morgan fingerprint density at radius 3 is 2.40 bits per heavy atom. The van der Waals surface area contributed by atoms with Crippen LogP contribution in [0, 0.1) is 6.92 Å². The monoisotopic (exact) mass is 366 g/mol. The van der Waals surface area contributed by atoms with E-state index >= 15 is 0 Å². The highest BCUT2D eigenvalue weighted by molar-refractivity contribution is 6.31. The van der Waals surface area contributed by atoms with Gasteiger partial charge in [0, 0.05) is 32.3 Å². The van der Waals surface area contributed by atoms with Gasteiger partial charge in [-0.15, -0.1) is 0 Å². The van der Waals surface area contributed by atoms with Gasteiger partial charge in [-0.2, -0.15) is 4.98 Å². The van der Waals surface area contributed by atoms with Crippen LogP contribution in [0.5, 0.6) is 11.6 Å². The van der Waals surface area contributed by atoms with E-state index in [4.69, 9.17) is 31.5 Å². The van der Waals surface area contributed by atoms with E-state index in [0.29, 0.717) is 54.5 Å². The summed E-state index contributed by atoms with van der Waals surface area (Å²) in [6.45, 7) is 4.24. The summed E-state index contributed by atoms with van der Waals surface area (Å²) in [7, 11) is 3.30. The minimum absolute atomic E-state index is 0.298. The molecule has 0 aliphatic carbocycles. The Morgan fingerprint density at radius 2 is 1.80 bits per heavy atom. The molecule has 1 aromatic carbocycles. The first-order valence-corrected chi connectivity index (χ1v) is 8.22. The number of rotatable bonds is 9. The zero-order valence-electron chi connectivity index (χ0n) is 14.7. The van der Waals surface area contributed by atoms with Crippen LogP contribution in [-0.4, -0.2) is 50.5 Å². The molecule has 7 nitrogen and oxygen atoms in total. The Bertz CT molecular complexity index is 692. The van der Waals surface area contributed by atoms with Crippen molar-refractivity contribution in [2.45, 2.75) is 6.92 Å². The number of anilines is 2. The zero-order chi connectivity index (χ0) is 18.2. The molecule has 0 aliphatic rings. The largest absolute Gasteiger partial charge is 0.437 e. The van der Waals surface area contributed by atoms with Crippen LogP contribution in [0.2, 0.25) is 5.02 Å². The molecule has 0 bridgehead atoms. The van der Waals surface area contributed by atoms with Crippen molar-refractivity contribution in [2.75, 3.05) is 51.2 Å². The van der Waals surface area contributed by atoms with Gasteiger partial charge in [-0.3, -0.25) is 0 Å². The first kappa shape index (κ1) is 19.2. The molecule has 136 valence electrons. The van der Waals surface area contributed by atoms with Crippen molar-refractivity contribution in [1.29, 1.82) is 0 Å². The molecule has 0 aliphatic heterocycles. The third-order valence-electron chi connectivity index (χ3n) is 3.60. The Kier molecular flexibility index (Phi) is 7.24. The fourth-order valence-electron chi connectivity index (χ4n) is 2.22. The average molecular weight is 367 g/mol. The summed E-state index contributed by atoms with van der Waals surface area (Å²) in [6, 6.07) is 5.37. The Labute approximate surface area is 152 Å². The number of nitrogens with zero attached hydrogens (tertiary/aromatic N) is 3. The van der Waals surface area contributed by atoms with Gasteiger partial charge in [0.1, 0.15) is 17.8 Å². The lowest BCUT2D eigenvalue weighted by atomic mass is 10.2. The van der Waals surface area contributed by atoms with Crippen molar-refractivity contribution in [2.24, 2.45) is 0 Å². The molecule has 0 atom stereocenters. The lowest BCUT2D eigenvalue weighted by Gasteiger charge is -2.24. The number of nitrogens with two attached hydrogens (primary N) is 1. The molecule has 0 spiro atoms. The van der Waals surface area contributed by atoms with Crippen LogP contribution in [0.15, 0.2) is 24.5 Å².